The Bertz CT molecular complexity index is 835. The van der Waals surface area contributed by atoms with E-state index >= 15 is 0 Å². The second kappa shape index (κ2) is 13.7. The summed E-state index contributed by atoms with van der Waals surface area (Å²) in [6.07, 6.45) is 6.48. The van der Waals surface area contributed by atoms with Crippen molar-refractivity contribution in [2.24, 2.45) is 32.7 Å². The number of hydrogen-bond donors (Lipinski definition) is 1. The Hall–Kier alpha value is -1.16. The number of nitrogens with zero attached hydrogens (tertiary/aromatic N) is 3. The average molecular weight is 565 g/mol. The zero-order chi connectivity index (χ0) is 27.9. The highest BCUT2D eigenvalue weighted by molar-refractivity contribution is 8.14. The third-order valence-corrected chi connectivity index (χ3v) is 9.99. The van der Waals surface area contributed by atoms with Gasteiger partial charge < -0.3 is 24.3 Å². The monoisotopic (exact) mass is 564 g/mol. The van der Waals surface area contributed by atoms with Crippen molar-refractivity contribution in [3.05, 3.63) is 0 Å². The molecule has 6 aliphatic rings. The molecule has 3 saturated heterocycles. The summed E-state index contributed by atoms with van der Waals surface area (Å²) in [5.41, 5.74) is 0.568. The molecule has 9 heteroatoms. The molecule has 0 aromatic carbocycles. The Morgan fingerprint density at radius 1 is 0.692 bits per heavy atom. The number of aliphatic imine (C=N–C) groups is 3. The lowest BCUT2D eigenvalue weighted by Gasteiger charge is -2.33. The third kappa shape index (κ3) is 8.20. The van der Waals surface area contributed by atoms with E-state index in [0.29, 0.717) is 17.8 Å². The number of amidine groups is 1. The molecule has 0 aromatic heterocycles. The summed E-state index contributed by atoms with van der Waals surface area (Å²) in [5, 5.41) is 4.92. The predicted octanol–water partition coefficient (Wildman–Crippen LogP) is 5.15. The van der Waals surface area contributed by atoms with Gasteiger partial charge in [-0.1, -0.05) is 41.5 Å². The minimum atomic E-state index is 0.0673. The van der Waals surface area contributed by atoms with Gasteiger partial charge in [0.2, 0.25) is 0 Å². The maximum atomic E-state index is 5.60. The normalized spacial score (nSPS) is 26.4. The van der Waals surface area contributed by atoms with E-state index in [0.717, 1.165) is 97.2 Å². The number of nitrogens with one attached hydrogen (secondary N) is 1. The first-order valence-corrected chi connectivity index (χ1v) is 16.1. The second-order valence-electron chi connectivity index (χ2n) is 12.8. The molecule has 0 saturated carbocycles. The standard InChI is InChI=1S/C10H18N2O.C10H17NO2.C10H17NOS/c1-8(2)9-11-7-10(12-9)3-5-13-6-4-10;2*1-8(2)9-11-10(7-13-9)3-5-12-6-4-10/h8H,3-7H2,1-2H3,(H,11,12);2*8H,3-7H2,1-2H3. The molecule has 222 valence electrons. The molecule has 6 aliphatic heterocycles. The minimum absolute atomic E-state index is 0.0673. The second-order valence-corrected chi connectivity index (χ2v) is 13.8. The summed E-state index contributed by atoms with van der Waals surface area (Å²) < 4.78 is 21.7. The van der Waals surface area contributed by atoms with E-state index in [9.17, 15) is 0 Å². The van der Waals surface area contributed by atoms with Crippen molar-refractivity contribution in [3.63, 3.8) is 0 Å². The molecule has 0 unspecified atom stereocenters. The maximum absolute atomic E-state index is 5.60. The van der Waals surface area contributed by atoms with Crippen molar-refractivity contribution in [3.8, 4) is 0 Å². The van der Waals surface area contributed by atoms with E-state index in [4.69, 9.17) is 28.9 Å². The van der Waals surface area contributed by atoms with Crippen LogP contribution >= 0.6 is 11.8 Å². The Morgan fingerprint density at radius 2 is 1.26 bits per heavy atom. The first kappa shape index (κ1) is 30.8. The molecule has 0 aliphatic carbocycles. The number of ether oxygens (including phenoxy) is 4. The van der Waals surface area contributed by atoms with E-state index in [1.807, 2.05) is 11.8 Å². The van der Waals surface area contributed by atoms with Gasteiger partial charge in [0, 0.05) is 63.1 Å². The molecule has 0 atom stereocenters. The number of thioether (sulfide) groups is 1. The summed E-state index contributed by atoms with van der Waals surface area (Å²) in [7, 11) is 0. The summed E-state index contributed by atoms with van der Waals surface area (Å²) in [6.45, 7) is 20.0. The lowest BCUT2D eigenvalue weighted by molar-refractivity contribution is 0.0440. The lowest BCUT2D eigenvalue weighted by Crippen LogP contribution is -2.50. The van der Waals surface area contributed by atoms with Crippen molar-refractivity contribution in [1.29, 1.82) is 0 Å². The van der Waals surface area contributed by atoms with Gasteiger partial charge in [-0.2, -0.15) is 0 Å². The predicted molar refractivity (Wildman–Crippen MR) is 162 cm³/mol. The molecule has 1 N–H and O–H groups in total. The number of rotatable bonds is 3. The quantitative estimate of drug-likeness (QED) is 0.510. The van der Waals surface area contributed by atoms with E-state index < -0.39 is 0 Å². The van der Waals surface area contributed by atoms with Crippen molar-refractivity contribution >= 4 is 28.5 Å². The van der Waals surface area contributed by atoms with Crippen LogP contribution in [0.5, 0.6) is 0 Å². The van der Waals surface area contributed by atoms with Crippen molar-refractivity contribution in [2.75, 3.05) is 58.5 Å². The summed E-state index contributed by atoms with van der Waals surface area (Å²) in [6, 6.07) is 0. The van der Waals surface area contributed by atoms with Crippen molar-refractivity contribution in [1.82, 2.24) is 5.32 Å². The van der Waals surface area contributed by atoms with E-state index in [1.54, 1.807) is 0 Å². The van der Waals surface area contributed by atoms with Gasteiger partial charge in [-0.15, -0.1) is 11.8 Å². The minimum Gasteiger partial charge on any atom is -0.478 e. The Kier molecular flexibility index (Phi) is 10.8. The summed E-state index contributed by atoms with van der Waals surface area (Å²) in [4.78, 5) is 14.1. The SMILES string of the molecule is CC(C)C1=NC2(CCOCC2)CO1.CC(C)C1=NC2(CCOCC2)CS1.CC(C)C1=NCC2(CCOCC2)N1. The first-order chi connectivity index (χ1) is 18.7. The van der Waals surface area contributed by atoms with E-state index in [-0.39, 0.29) is 16.6 Å². The van der Waals surface area contributed by atoms with Crippen LogP contribution in [-0.4, -0.2) is 91.9 Å². The zero-order valence-corrected chi connectivity index (χ0v) is 26.0. The number of hydrogen-bond acceptors (Lipinski definition) is 9. The van der Waals surface area contributed by atoms with E-state index in [1.165, 1.54) is 16.6 Å². The van der Waals surface area contributed by atoms with Crippen LogP contribution in [0.2, 0.25) is 0 Å². The largest absolute Gasteiger partial charge is 0.478 e. The fourth-order valence-corrected chi connectivity index (χ4v) is 6.94. The topological polar surface area (TPSA) is 86.0 Å². The van der Waals surface area contributed by atoms with Crippen LogP contribution < -0.4 is 5.32 Å². The van der Waals surface area contributed by atoms with Crippen LogP contribution in [0.4, 0.5) is 0 Å². The van der Waals surface area contributed by atoms with Crippen LogP contribution in [0.1, 0.15) is 80.1 Å². The van der Waals surface area contributed by atoms with Crippen LogP contribution in [0.25, 0.3) is 0 Å². The zero-order valence-electron chi connectivity index (χ0n) is 25.2. The van der Waals surface area contributed by atoms with Crippen LogP contribution in [0, 0.1) is 17.8 Å². The van der Waals surface area contributed by atoms with Gasteiger partial charge in [0.1, 0.15) is 12.1 Å². The molecule has 8 nitrogen and oxygen atoms in total. The molecule has 0 amide bonds. The summed E-state index contributed by atoms with van der Waals surface area (Å²) >= 11 is 1.95. The molecule has 6 heterocycles. The van der Waals surface area contributed by atoms with Crippen LogP contribution in [-0.2, 0) is 18.9 Å². The van der Waals surface area contributed by atoms with Gasteiger partial charge in [-0.25, -0.2) is 4.99 Å². The lowest BCUT2D eigenvalue weighted by atomic mass is 9.91. The highest BCUT2D eigenvalue weighted by atomic mass is 32.2. The van der Waals surface area contributed by atoms with Crippen LogP contribution in [0.3, 0.4) is 0 Å². The molecule has 0 aromatic rings. The Labute approximate surface area is 240 Å². The molecule has 3 spiro atoms. The summed E-state index contributed by atoms with van der Waals surface area (Å²) in [5.74, 6) is 4.85. The highest BCUT2D eigenvalue weighted by Crippen LogP contribution is 2.37. The van der Waals surface area contributed by atoms with Gasteiger partial charge >= 0.3 is 0 Å². The van der Waals surface area contributed by atoms with Gasteiger partial charge in [0.05, 0.1) is 28.5 Å². The molecule has 0 bridgehead atoms. The molecule has 0 radical (unpaired) electrons. The highest BCUT2D eigenvalue weighted by Gasteiger charge is 2.39. The third-order valence-electron chi connectivity index (χ3n) is 8.45. The fourth-order valence-electron chi connectivity index (χ4n) is 5.58. The van der Waals surface area contributed by atoms with Gasteiger partial charge in [0.25, 0.3) is 0 Å². The Balaban J connectivity index is 0.000000136. The smallest absolute Gasteiger partial charge is 0.186 e. The molecule has 39 heavy (non-hydrogen) atoms. The molecule has 3 fully saturated rings. The van der Waals surface area contributed by atoms with Gasteiger partial charge in [-0.05, 0) is 38.5 Å². The molecule has 6 rings (SSSR count). The van der Waals surface area contributed by atoms with Crippen LogP contribution in [0.15, 0.2) is 15.0 Å². The van der Waals surface area contributed by atoms with Crippen molar-refractivity contribution in [2.45, 2.75) is 96.7 Å². The molecular weight excluding hydrogens is 512 g/mol. The van der Waals surface area contributed by atoms with Crippen molar-refractivity contribution < 1.29 is 18.9 Å². The van der Waals surface area contributed by atoms with Gasteiger partial charge in [0.15, 0.2) is 5.90 Å². The average Bonchev–Trinajstić information content (AvgIpc) is 3.65. The first-order valence-electron chi connectivity index (χ1n) is 15.2. The van der Waals surface area contributed by atoms with Gasteiger partial charge in [-0.3, -0.25) is 9.98 Å². The molecular formula is C30H52N4O4S. The Morgan fingerprint density at radius 3 is 1.72 bits per heavy atom. The maximum Gasteiger partial charge on any atom is 0.186 e. The fraction of sp³-hybridized carbons (Fsp3) is 0.900. The van der Waals surface area contributed by atoms with E-state index in [2.05, 4.69) is 51.9 Å².